The Morgan fingerprint density at radius 2 is 1.17 bits per heavy atom. The molecule has 0 atom stereocenters. The average molecular weight is 404 g/mol. The number of hydrogen-bond donors (Lipinski definition) is 2. The number of allylic oxidation sites excluding steroid dienone is 1. The molecule has 2 fully saturated rings. The Kier molecular flexibility index (Phi) is 7.01. The maximum absolute atomic E-state index is 12.2. The van der Waals surface area contributed by atoms with E-state index in [2.05, 4.69) is 5.32 Å². The Labute approximate surface area is 180 Å². The highest BCUT2D eigenvalue weighted by atomic mass is 16.3. The van der Waals surface area contributed by atoms with Crippen molar-refractivity contribution < 1.29 is 9.90 Å². The summed E-state index contributed by atoms with van der Waals surface area (Å²) >= 11 is 0. The molecule has 3 nitrogen and oxygen atoms in total. The number of fused-ring (bicyclic) bond motifs is 1. The topological polar surface area (TPSA) is 49.3 Å². The van der Waals surface area contributed by atoms with E-state index in [1.165, 1.54) is 64.2 Å². The van der Waals surface area contributed by atoms with E-state index in [9.17, 15) is 9.90 Å². The zero-order chi connectivity index (χ0) is 20.8. The Hall–Kier alpha value is -2.39. The van der Waals surface area contributed by atoms with Crippen molar-refractivity contribution >= 4 is 17.1 Å². The lowest BCUT2D eigenvalue weighted by molar-refractivity contribution is 0.105. The van der Waals surface area contributed by atoms with Crippen molar-refractivity contribution in [1.82, 2.24) is 5.32 Å². The smallest absolute Gasteiger partial charge is 0.198 e. The van der Waals surface area contributed by atoms with Crippen molar-refractivity contribution in [3.63, 3.8) is 0 Å². The molecular weight excluding hydrogens is 370 g/mol. The van der Waals surface area contributed by atoms with Gasteiger partial charge >= 0.3 is 0 Å². The van der Waals surface area contributed by atoms with E-state index >= 15 is 0 Å². The van der Waals surface area contributed by atoms with Crippen LogP contribution in [0.1, 0.15) is 85.7 Å². The van der Waals surface area contributed by atoms with Gasteiger partial charge in [-0.1, -0.05) is 93.1 Å². The van der Waals surface area contributed by atoms with Crippen LogP contribution in [0.3, 0.4) is 0 Å². The Balaban J connectivity index is 0.000000151. The molecule has 2 N–H and O–H groups in total. The number of hydrogen-bond acceptors (Lipinski definition) is 3. The minimum absolute atomic E-state index is 0.0804. The maximum Gasteiger partial charge on any atom is 0.198 e. The highest BCUT2D eigenvalue weighted by Gasteiger charge is 2.29. The molecule has 0 spiro atoms. The van der Waals surface area contributed by atoms with Crippen LogP contribution in [0, 0.1) is 0 Å². The van der Waals surface area contributed by atoms with E-state index in [1.807, 2.05) is 36.4 Å². The molecule has 3 heteroatoms. The van der Waals surface area contributed by atoms with Crippen LogP contribution in [-0.4, -0.2) is 23.0 Å². The summed E-state index contributed by atoms with van der Waals surface area (Å²) in [5.74, 6) is -0.0268. The van der Waals surface area contributed by atoms with Gasteiger partial charge in [-0.25, -0.2) is 0 Å². The number of benzene rings is 2. The maximum atomic E-state index is 12.2. The van der Waals surface area contributed by atoms with E-state index in [4.69, 9.17) is 0 Å². The monoisotopic (exact) mass is 403 g/mol. The normalized spacial score (nSPS) is 19.9. The standard InChI is InChI=1S/C15H10O2.C12H23N/c16-14-11-8-4-5-9-12(11)15(17)13(14)10-6-2-1-3-7-10;1-3-7-11(8-4-1)13-12-9-5-2-6-10-12/h1-9,16H;11-13H,1-10H2. The molecule has 5 rings (SSSR count). The Morgan fingerprint density at radius 3 is 1.70 bits per heavy atom. The molecule has 0 heterocycles. The third kappa shape index (κ3) is 4.84. The van der Waals surface area contributed by atoms with Gasteiger partial charge in [0, 0.05) is 23.2 Å². The van der Waals surface area contributed by atoms with Gasteiger partial charge < -0.3 is 10.4 Å². The number of carbonyl (C=O) groups is 1. The van der Waals surface area contributed by atoms with Crippen LogP contribution in [0.4, 0.5) is 0 Å². The predicted molar refractivity (Wildman–Crippen MR) is 124 cm³/mol. The number of ketones is 1. The Bertz CT molecular complexity index is 859. The molecule has 158 valence electrons. The number of rotatable bonds is 3. The van der Waals surface area contributed by atoms with Gasteiger partial charge in [0.1, 0.15) is 5.76 Å². The molecule has 2 aromatic rings. The van der Waals surface area contributed by atoms with E-state index in [-0.39, 0.29) is 11.5 Å². The molecular formula is C27H33NO2. The molecule has 0 bridgehead atoms. The zero-order valence-electron chi connectivity index (χ0n) is 17.8. The lowest BCUT2D eigenvalue weighted by atomic mass is 9.91. The minimum atomic E-state index is -0.107. The summed E-state index contributed by atoms with van der Waals surface area (Å²) in [4.78, 5) is 12.2. The van der Waals surface area contributed by atoms with Crippen molar-refractivity contribution in [3.8, 4) is 0 Å². The van der Waals surface area contributed by atoms with Gasteiger partial charge in [-0.3, -0.25) is 4.79 Å². The van der Waals surface area contributed by atoms with Gasteiger partial charge in [0.15, 0.2) is 5.78 Å². The average Bonchev–Trinajstić information content (AvgIpc) is 3.06. The van der Waals surface area contributed by atoms with E-state index < -0.39 is 0 Å². The van der Waals surface area contributed by atoms with E-state index in [0.717, 1.165) is 17.6 Å². The third-order valence-corrected chi connectivity index (χ3v) is 6.63. The first-order valence-electron chi connectivity index (χ1n) is 11.6. The number of nitrogens with one attached hydrogen (secondary N) is 1. The summed E-state index contributed by atoms with van der Waals surface area (Å²) in [6.45, 7) is 0. The van der Waals surface area contributed by atoms with Crippen LogP contribution in [-0.2, 0) is 0 Å². The summed E-state index contributed by atoms with van der Waals surface area (Å²) in [6.07, 6.45) is 14.6. The van der Waals surface area contributed by atoms with Gasteiger partial charge in [0.05, 0.1) is 5.57 Å². The van der Waals surface area contributed by atoms with E-state index in [0.29, 0.717) is 16.7 Å². The van der Waals surface area contributed by atoms with Crippen LogP contribution < -0.4 is 5.32 Å². The molecule has 0 aliphatic heterocycles. The molecule has 30 heavy (non-hydrogen) atoms. The molecule has 0 unspecified atom stereocenters. The van der Waals surface area contributed by atoms with Gasteiger partial charge in [0.2, 0.25) is 0 Å². The van der Waals surface area contributed by atoms with Crippen molar-refractivity contribution in [2.24, 2.45) is 0 Å². The molecule has 3 aliphatic rings. The first kappa shape index (κ1) is 20.9. The highest BCUT2D eigenvalue weighted by molar-refractivity contribution is 6.38. The van der Waals surface area contributed by atoms with Crippen molar-refractivity contribution in [2.45, 2.75) is 76.3 Å². The summed E-state index contributed by atoms with van der Waals surface area (Å²) in [5, 5.41) is 14.0. The molecule has 3 aliphatic carbocycles. The van der Waals surface area contributed by atoms with Crippen LogP contribution in [0.15, 0.2) is 54.6 Å². The van der Waals surface area contributed by atoms with Crippen molar-refractivity contribution in [3.05, 3.63) is 71.3 Å². The van der Waals surface area contributed by atoms with Gasteiger partial charge in [-0.05, 0) is 31.2 Å². The fourth-order valence-electron chi connectivity index (χ4n) is 5.01. The summed E-state index contributed by atoms with van der Waals surface area (Å²) in [6, 6.07) is 18.1. The molecule has 0 aromatic heterocycles. The SMILES string of the molecule is C1CCC(NC2CCCCC2)CC1.O=C1C(c2ccccc2)=C(O)c2ccccc21. The lowest BCUT2D eigenvalue weighted by Gasteiger charge is -2.30. The summed E-state index contributed by atoms with van der Waals surface area (Å²) < 4.78 is 0. The quantitative estimate of drug-likeness (QED) is 0.611. The van der Waals surface area contributed by atoms with Crippen LogP contribution in [0.5, 0.6) is 0 Å². The number of aliphatic hydroxyl groups is 1. The van der Waals surface area contributed by atoms with Gasteiger partial charge in [-0.2, -0.15) is 0 Å². The van der Waals surface area contributed by atoms with Crippen LogP contribution in [0.2, 0.25) is 0 Å². The minimum Gasteiger partial charge on any atom is -0.507 e. The first-order chi connectivity index (χ1) is 14.7. The second-order valence-corrected chi connectivity index (χ2v) is 8.80. The fraction of sp³-hybridized carbons (Fsp3) is 0.444. The second-order valence-electron chi connectivity index (χ2n) is 8.80. The van der Waals surface area contributed by atoms with Crippen molar-refractivity contribution in [2.75, 3.05) is 0 Å². The highest BCUT2D eigenvalue weighted by Crippen LogP contribution is 2.36. The molecule has 2 saturated carbocycles. The number of carbonyl (C=O) groups excluding carboxylic acids is 1. The lowest BCUT2D eigenvalue weighted by Crippen LogP contribution is -2.40. The van der Waals surface area contributed by atoms with Crippen LogP contribution >= 0.6 is 0 Å². The zero-order valence-corrected chi connectivity index (χ0v) is 17.8. The second kappa shape index (κ2) is 10.1. The summed E-state index contributed by atoms with van der Waals surface area (Å²) in [7, 11) is 0. The van der Waals surface area contributed by atoms with E-state index in [1.54, 1.807) is 18.2 Å². The van der Waals surface area contributed by atoms with Gasteiger partial charge in [0.25, 0.3) is 0 Å². The Morgan fingerprint density at radius 1 is 0.667 bits per heavy atom. The third-order valence-electron chi connectivity index (χ3n) is 6.63. The van der Waals surface area contributed by atoms with Crippen molar-refractivity contribution in [1.29, 1.82) is 0 Å². The number of Topliss-reactive ketones (excluding diaryl/α,β-unsaturated/α-hetero) is 1. The van der Waals surface area contributed by atoms with Crippen LogP contribution in [0.25, 0.3) is 11.3 Å². The predicted octanol–water partition coefficient (Wildman–Crippen LogP) is 6.55. The molecule has 0 saturated heterocycles. The van der Waals surface area contributed by atoms with Gasteiger partial charge in [-0.15, -0.1) is 0 Å². The first-order valence-corrected chi connectivity index (χ1v) is 11.6. The molecule has 2 aromatic carbocycles. The largest absolute Gasteiger partial charge is 0.507 e. The summed E-state index contributed by atoms with van der Waals surface area (Å²) in [5.41, 5.74) is 2.35. The molecule has 0 radical (unpaired) electrons. The molecule has 0 amide bonds. The number of aliphatic hydroxyl groups excluding tert-OH is 1. The fourth-order valence-corrected chi connectivity index (χ4v) is 5.01.